The Morgan fingerprint density at radius 3 is 2.96 bits per heavy atom. The molecule has 0 saturated carbocycles. The first-order valence-electron chi connectivity index (χ1n) is 9.04. The average Bonchev–Trinajstić information content (AvgIpc) is 2.65. The van der Waals surface area contributed by atoms with Crippen LogP contribution in [-0.2, 0) is 0 Å². The van der Waals surface area contributed by atoms with E-state index in [1.807, 2.05) is 6.07 Å². The van der Waals surface area contributed by atoms with Crippen LogP contribution in [0.1, 0.15) is 43.8 Å². The fraction of sp³-hybridized carbons (Fsp3) is 0.526. The van der Waals surface area contributed by atoms with Gasteiger partial charge in [-0.2, -0.15) is 4.98 Å². The lowest BCUT2D eigenvalue weighted by Crippen LogP contribution is -2.50. The molecule has 2 aliphatic heterocycles. The first-order chi connectivity index (χ1) is 12.2. The monoisotopic (exact) mass is 340 g/mol. The fourth-order valence-corrected chi connectivity index (χ4v) is 4.47. The van der Waals surface area contributed by atoms with Gasteiger partial charge in [0.2, 0.25) is 11.8 Å². The summed E-state index contributed by atoms with van der Waals surface area (Å²) in [7, 11) is 1.62. The summed E-state index contributed by atoms with van der Waals surface area (Å²) in [6, 6.07) is 7.72. The van der Waals surface area contributed by atoms with Gasteiger partial charge in [-0.1, -0.05) is 19.4 Å². The molecule has 25 heavy (non-hydrogen) atoms. The zero-order valence-corrected chi connectivity index (χ0v) is 14.8. The van der Waals surface area contributed by atoms with Crippen LogP contribution in [0.3, 0.4) is 0 Å². The van der Waals surface area contributed by atoms with E-state index in [1.165, 1.54) is 0 Å². The Morgan fingerprint density at radius 2 is 2.16 bits per heavy atom. The first-order valence-corrected chi connectivity index (χ1v) is 9.04. The van der Waals surface area contributed by atoms with Crippen LogP contribution in [0, 0.1) is 5.92 Å². The van der Waals surface area contributed by atoms with E-state index in [9.17, 15) is 4.79 Å². The Balaban J connectivity index is 1.72. The summed E-state index contributed by atoms with van der Waals surface area (Å²) in [5.41, 5.74) is 1.30. The molecular formula is C19H24N4O2. The third kappa shape index (κ3) is 2.79. The normalized spacial score (nSPS) is 24.7. The molecule has 0 amide bonds. The standard InChI is InChI=1S/C19H24N4O2/c1-3-5-15-13-10-14(16-6-4-7-18(24)23(15)16)12-22(11-13)19-20-9-8-17(21-19)25-2/h4,6-9,13-15H,3,5,10-12H2,1-2H3/t13-,14+,15-/m0/s1. The SMILES string of the molecule is CCC[C@H]1[C@H]2C[C@H](CN(c3nccc(OC)n3)C2)c2cccc(=O)n21. The Kier molecular flexibility index (Phi) is 4.19. The van der Waals surface area contributed by atoms with E-state index in [1.54, 1.807) is 25.4 Å². The lowest BCUT2D eigenvalue weighted by atomic mass is 9.77. The lowest BCUT2D eigenvalue weighted by molar-refractivity contribution is 0.200. The van der Waals surface area contributed by atoms with Crippen LogP contribution in [0.5, 0.6) is 5.88 Å². The average molecular weight is 340 g/mol. The second-order valence-corrected chi connectivity index (χ2v) is 7.01. The van der Waals surface area contributed by atoms with Crippen molar-refractivity contribution >= 4 is 5.95 Å². The summed E-state index contributed by atoms with van der Waals surface area (Å²) >= 11 is 0. The minimum absolute atomic E-state index is 0.136. The van der Waals surface area contributed by atoms with E-state index in [-0.39, 0.29) is 11.6 Å². The van der Waals surface area contributed by atoms with E-state index in [0.717, 1.165) is 44.0 Å². The number of ether oxygens (including phenoxy) is 1. The molecule has 1 fully saturated rings. The number of hydrogen-bond acceptors (Lipinski definition) is 5. The smallest absolute Gasteiger partial charge is 0.250 e. The van der Waals surface area contributed by atoms with Gasteiger partial charge in [-0.05, 0) is 24.8 Å². The molecule has 2 aliphatic rings. The molecule has 0 spiro atoms. The van der Waals surface area contributed by atoms with Gasteiger partial charge in [-0.25, -0.2) is 4.98 Å². The maximum Gasteiger partial charge on any atom is 0.250 e. The predicted octanol–water partition coefficient (Wildman–Crippen LogP) is 2.61. The van der Waals surface area contributed by atoms with Gasteiger partial charge >= 0.3 is 0 Å². The maximum atomic E-state index is 12.5. The van der Waals surface area contributed by atoms with Crippen molar-refractivity contribution in [2.24, 2.45) is 5.92 Å². The molecule has 3 atom stereocenters. The number of piperidine rings is 1. The predicted molar refractivity (Wildman–Crippen MR) is 96.3 cm³/mol. The molecule has 0 radical (unpaired) electrons. The Labute approximate surface area is 147 Å². The summed E-state index contributed by atoms with van der Waals surface area (Å²) in [4.78, 5) is 23.7. The van der Waals surface area contributed by atoms with Crippen LogP contribution < -0.4 is 15.2 Å². The molecule has 4 heterocycles. The van der Waals surface area contributed by atoms with Crippen LogP contribution in [-0.4, -0.2) is 34.7 Å². The Morgan fingerprint density at radius 1 is 1.28 bits per heavy atom. The van der Waals surface area contributed by atoms with Gasteiger partial charge in [0.25, 0.3) is 5.56 Å². The summed E-state index contributed by atoms with van der Waals surface area (Å²) in [6.45, 7) is 3.91. The van der Waals surface area contributed by atoms with E-state index >= 15 is 0 Å². The first kappa shape index (κ1) is 16.1. The molecule has 0 aliphatic carbocycles. The number of fused-ring (bicyclic) bond motifs is 4. The summed E-state index contributed by atoms with van der Waals surface area (Å²) < 4.78 is 7.31. The number of methoxy groups -OCH3 is 1. The largest absolute Gasteiger partial charge is 0.481 e. The lowest BCUT2D eigenvalue weighted by Gasteiger charge is -2.47. The zero-order chi connectivity index (χ0) is 17.4. The van der Waals surface area contributed by atoms with Gasteiger partial charge in [0, 0.05) is 49.1 Å². The summed E-state index contributed by atoms with van der Waals surface area (Å²) in [5.74, 6) is 2.09. The third-order valence-electron chi connectivity index (χ3n) is 5.49. The number of rotatable bonds is 4. The topological polar surface area (TPSA) is 60.2 Å². The fourth-order valence-electron chi connectivity index (χ4n) is 4.47. The number of aromatic nitrogens is 3. The van der Waals surface area contributed by atoms with Crippen molar-refractivity contribution < 1.29 is 4.74 Å². The van der Waals surface area contributed by atoms with Crippen molar-refractivity contribution in [3.8, 4) is 5.88 Å². The molecule has 132 valence electrons. The molecule has 0 unspecified atom stereocenters. The van der Waals surface area contributed by atoms with Crippen LogP contribution in [0.4, 0.5) is 5.95 Å². The highest BCUT2D eigenvalue weighted by Crippen LogP contribution is 2.43. The molecule has 0 aromatic carbocycles. The molecule has 0 N–H and O–H groups in total. The number of hydrogen-bond donors (Lipinski definition) is 0. The van der Waals surface area contributed by atoms with Gasteiger partial charge in [0.05, 0.1) is 7.11 Å². The summed E-state index contributed by atoms with van der Waals surface area (Å²) in [6.07, 6.45) is 4.98. The molecule has 6 heteroatoms. The van der Waals surface area contributed by atoms with E-state index in [2.05, 4.69) is 32.4 Å². The van der Waals surface area contributed by atoms with Gasteiger partial charge < -0.3 is 14.2 Å². The van der Waals surface area contributed by atoms with E-state index in [0.29, 0.717) is 17.7 Å². The van der Waals surface area contributed by atoms with Gasteiger partial charge in [0.1, 0.15) is 0 Å². The van der Waals surface area contributed by atoms with Crippen LogP contribution in [0.2, 0.25) is 0 Å². The maximum absolute atomic E-state index is 12.5. The van der Waals surface area contributed by atoms with Crippen LogP contribution in [0.15, 0.2) is 35.3 Å². The van der Waals surface area contributed by atoms with Crippen LogP contribution >= 0.6 is 0 Å². The summed E-state index contributed by atoms with van der Waals surface area (Å²) in [5, 5.41) is 0. The van der Waals surface area contributed by atoms with Crippen molar-refractivity contribution in [3.05, 3.63) is 46.5 Å². The Hall–Kier alpha value is -2.37. The molecular weight excluding hydrogens is 316 g/mol. The second kappa shape index (κ2) is 6.50. The van der Waals surface area contributed by atoms with Crippen molar-refractivity contribution in [1.29, 1.82) is 0 Å². The van der Waals surface area contributed by atoms with Gasteiger partial charge in [-0.15, -0.1) is 0 Å². The minimum atomic E-state index is 0.136. The molecule has 2 bridgehead atoms. The quantitative estimate of drug-likeness (QED) is 0.856. The molecule has 6 nitrogen and oxygen atoms in total. The van der Waals surface area contributed by atoms with Crippen molar-refractivity contribution in [2.45, 2.75) is 38.1 Å². The minimum Gasteiger partial charge on any atom is -0.481 e. The second-order valence-electron chi connectivity index (χ2n) is 7.01. The van der Waals surface area contributed by atoms with Crippen molar-refractivity contribution in [2.75, 3.05) is 25.1 Å². The third-order valence-corrected chi connectivity index (χ3v) is 5.49. The zero-order valence-electron chi connectivity index (χ0n) is 14.8. The van der Waals surface area contributed by atoms with Crippen molar-refractivity contribution in [3.63, 3.8) is 0 Å². The highest BCUT2D eigenvalue weighted by molar-refractivity contribution is 5.36. The van der Waals surface area contributed by atoms with Gasteiger partial charge in [-0.3, -0.25) is 4.79 Å². The molecule has 1 saturated heterocycles. The van der Waals surface area contributed by atoms with E-state index in [4.69, 9.17) is 4.74 Å². The van der Waals surface area contributed by atoms with E-state index < -0.39 is 0 Å². The molecule has 2 aromatic heterocycles. The van der Waals surface area contributed by atoms with Crippen molar-refractivity contribution in [1.82, 2.24) is 14.5 Å². The highest BCUT2D eigenvalue weighted by atomic mass is 16.5. The molecule has 2 aromatic rings. The van der Waals surface area contributed by atoms with Gasteiger partial charge in [0.15, 0.2) is 0 Å². The van der Waals surface area contributed by atoms with Crippen LogP contribution in [0.25, 0.3) is 0 Å². The molecule has 4 rings (SSSR count). The number of anilines is 1. The number of pyridine rings is 1. The highest BCUT2D eigenvalue weighted by Gasteiger charge is 2.40. The Bertz CT molecular complexity index is 819. The number of nitrogens with zero attached hydrogens (tertiary/aromatic N) is 4.